The molecule has 2 saturated heterocycles. The Hall–Kier alpha value is -5.24. The molecule has 4 N–H and O–H groups in total. The van der Waals surface area contributed by atoms with E-state index >= 15 is 0 Å². The first-order chi connectivity index (χ1) is 24.3. The number of nitrogens with one attached hydrogen (secondary N) is 1. The summed E-state index contributed by atoms with van der Waals surface area (Å²) in [5.74, 6) is -1.75. The van der Waals surface area contributed by atoms with Gasteiger partial charge < -0.3 is 35.3 Å². The third-order valence-corrected chi connectivity index (χ3v) is 9.79. The highest BCUT2D eigenvalue weighted by atomic mass is 35.5. The second-order valence-corrected chi connectivity index (χ2v) is 13.1. The number of fused-ring (bicyclic) bond motifs is 1. The summed E-state index contributed by atoms with van der Waals surface area (Å²) in [7, 11) is 0. The number of ether oxygens (including phenoxy) is 1. The minimum atomic E-state index is -4.81. The number of hydrogen-bond acceptors (Lipinski definition) is 7. The highest BCUT2D eigenvalue weighted by Crippen LogP contribution is 2.38. The Kier molecular flexibility index (Phi) is 10.1. The number of rotatable bonds is 7. The SMILES string of the molecule is Nc1c(Cl)cc(C[C@@H](OC(=O)N2CCC(c3cc4ccccc4[nH]c3=O)CC2)C(=O)N2CCN(c3ccc(C(=O)O)cc3)CC2)cc1C(F)(F)F. The number of likely N-dealkylation sites (tertiary alicyclic amines) is 1. The molecule has 0 aliphatic carbocycles. The molecule has 1 atom stereocenters. The standard InChI is InChI=1S/C36H35ClF3N5O6/c37-28-18-21(17-27(31(28)41)36(38,39)40)19-30(33(47)44-15-13-43(14-16-44)25-7-5-23(6-8-25)34(48)49)51-35(50)45-11-9-22(10-12-45)26-20-24-3-1-2-4-29(24)42-32(26)46/h1-8,17-18,20,22,30H,9-16,19,41H2,(H,42,46)(H,48,49)/t30-/m1/s1. The van der Waals surface area contributed by atoms with Crippen molar-refractivity contribution < 1.29 is 37.4 Å². The quantitative estimate of drug-likeness (QED) is 0.204. The zero-order valence-electron chi connectivity index (χ0n) is 27.3. The lowest BCUT2D eigenvalue weighted by Gasteiger charge is -2.38. The molecule has 2 aliphatic heterocycles. The maximum atomic E-state index is 13.9. The molecule has 0 spiro atoms. The van der Waals surface area contributed by atoms with E-state index in [1.165, 1.54) is 28.0 Å². The number of nitrogens with zero attached hydrogens (tertiary/aromatic N) is 3. The molecule has 6 rings (SSSR count). The average Bonchev–Trinajstić information content (AvgIpc) is 3.11. The number of aromatic nitrogens is 1. The number of piperidine rings is 1. The Morgan fingerprint density at radius 1 is 0.941 bits per heavy atom. The van der Waals surface area contributed by atoms with Crippen LogP contribution in [-0.2, 0) is 22.1 Å². The number of para-hydroxylation sites is 1. The summed E-state index contributed by atoms with van der Waals surface area (Å²) in [5.41, 5.74) is 5.88. The monoisotopic (exact) mass is 725 g/mol. The fourth-order valence-corrected chi connectivity index (χ4v) is 6.90. The highest BCUT2D eigenvalue weighted by molar-refractivity contribution is 6.33. The van der Waals surface area contributed by atoms with E-state index < -0.39 is 41.5 Å². The Morgan fingerprint density at radius 2 is 1.61 bits per heavy atom. The van der Waals surface area contributed by atoms with Crippen molar-refractivity contribution >= 4 is 51.8 Å². The number of halogens is 4. The van der Waals surface area contributed by atoms with E-state index in [9.17, 15) is 37.5 Å². The molecule has 0 bridgehead atoms. The average molecular weight is 726 g/mol. The molecule has 1 aromatic heterocycles. The number of H-pyrrole nitrogens is 1. The second-order valence-electron chi connectivity index (χ2n) is 12.7. The van der Waals surface area contributed by atoms with E-state index in [2.05, 4.69) is 4.98 Å². The number of aromatic carboxylic acids is 1. The molecule has 3 heterocycles. The number of piperazine rings is 1. The Bertz CT molecular complexity index is 2010. The summed E-state index contributed by atoms with van der Waals surface area (Å²) < 4.78 is 47.1. The first-order valence-corrected chi connectivity index (χ1v) is 16.8. The van der Waals surface area contributed by atoms with Crippen molar-refractivity contribution in [3.8, 4) is 0 Å². The first-order valence-electron chi connectivity index (χ1n) is 16.4. The summed E-state index contributed by atoms with van der Waals surface area (Å²) >= 11 is 6.07. The number of nitrogen functional groups attached to an aromatic ring is 1. The summed E-state index contributed by atoms with van der Waals surface area (Å²) in [6.07, 6.45) is -6.53. The topological polar surface area (TPSA) is 149 Å². The van der Waals surface area contributed by atoms with Gasteiger partial charge in [0.15, 0.2) is 6.10 Å². The number of anilines is 2. The van der Waals surface area contributed by atoms with Gasteiger partial charge in [0.25, 0.3) is 11.5 Å². The van der Waals surface area contributed by atoms with Gasteiger partial charge in [0.2, 0.25) is 0 Å². The van der Waals surface area contributed by atoms with Gasteiger partial charge in [-0.05, 0) is 78.2 Å². The maximum Gasteiger partial charge on any atom is 0.418 e. The molecule has 11 nitrogen and oxygen atoms in total. The molecule has 0 radical (unpaired) electrons. The predicted octanol–water partition coefficient (Wildman–Crippen LogP) is 5.76. The van der Waals surface area contributed by atoms with Crippen LogP contribution in [0, 0.1) is 0 Å². The number of hydrogen-bond donors (Lipinski definition) is 3. The smallest absolute Gasteiger partial charge is 0.418 e. The number of carboxylic acid groups (broad SMARTS) is 1. The first kappa shape index (κ1) is 35.6. The van der Waals surface area contributed by atoms with Crippen LogP contribution in [0.25, 0.3) is 10.9 Å². The number of benzene rings is 3. The number of carbonyl (C=O) groups excluding carboxylic acids is 2. The van der Waals surface area contributed by atoms with Crippen LogP contribution in [-0.4, -0.2) is 83.2 Å². The summed E-state index contributed by atoms with van der Waals surface area (Å²) in [6.45, 7) is 1.67. The molecular weight excluding hydrogens is 691 g/mol. The van der Waals surface area contributed by atoms with E-state index in [-0.39, 0.29) is 60.2 Å². The van der Waals surface area contributed by atoms with E-state index in [0.717, 1.165) is 22.7 Å². The van der Waals surface area contributed by atoms with Gasteiger partial charge in [0, 0.05) is 62.5 Å². The largest absolute Gasteiger partial charge is 0.478 e. The summed E-state index contributed by atoms with van der Waals surface area (Å²) in [4.78, 5) is 59.3. The van der Waals surface area contributed by atoms with Crippen molar-refractivity contribution in [1.29, 1.82) is 0 Å². The summed E-state index contributed by atoms with van der Waals surface area (Å²) in [5, 5.41) is 9.74. The third kappa shape index (κ3) is 7.90. The minimum Gasteiger partial charge on any atom is -0.478 e. The lowest BCUT2D eigenvalue weighted by Crippen LogP contribution is -2.53. The van der Waals surface area contributed by atoms with Crippen LogP contribution in [0.2, 0.25) is 5.02 Å². The zero-order valence-corrected chi connectivity index (χ0v) is 28.0. The Balaban J connectivity index is 1.17. The van der Waals surface area contributed by atoms with Gasteiger partial charge in [0.05, 0.1) is 21.8 Å². The molecule has 0 saturated carbocycles. The number of nitrogens with two attached hydrogens (primary N) is 1. The molecule has 3 aromatic carbocycles. The van der Waals surface area contributed by atoms with Gasteiger partial charge in [-0.15, -0.1) is 0 Å². The highest BCUT2D eigenvalue weighted by Gasteiger charge is 2.37. The normalized spacial score (nSPS) is 16.3. The molecule has 268 valence electrons. The van der Waals surface area contributed by atoms with Crippen molar-refractivity contribution in [3.63, 3.8) is 0 Å². The predicted molar refractivity (Wildman–Crippen MR) is 185 cm³/mol. The van der Waals surface area contributed by atoms with Crippen LogP contribution < -0.4 is 16.2 Å². The van der Waals surface area contributed by atoms with Gasteiger partial charge in [0.1, 0.15) is 0 Å². The van der Waals surface area contributed by atoms with Crippen LogP contribution in [0.5, 0.6) is 0 Å². The van der Waals surface area contributed by atoms with E-state index in [1.807, 2.05) is 35.2 Å². The van der Waals surface area contributed by atoms with Gasteiger partial charge in [-0.3, -0.25) is 9.59 Å². The second kappa shape index (κ2) is 14.5. The number of carbonyl (C=O) groups is 3. The fraction of sp³-hybridized carbons (Fsp3) is 0.333. The van der Waals surface area contributed by atoms with Crippen LogP contribution in [0.1, 0.15) is 45.8 Å². The molecule has 15 heteroatoms. The molecule has 2 aliphatic rings. The van der Waals surface area contributed by atoms with Gasteiger partial charge in [-0.2, -0.15) is 13.2 Å². The van der Waals surface area contributed by atoms with Crippen LogP contribution >= 0.6 is 11.6 Å². The van der Waals surface area contributed by atoms with E-state index in [1.54, 1.807) is 12.1 Å². The molecule has 2 fully saturated rings. The molecular formula is C36H35ClF3N5O6. The molecule has 4 aromatic rings. The maximum absolute atomic E-state index is 13.9. The number of amides is 2. The van der Waals surface area contributed by atoms with Gasteiger partial charge in [-0.25, -0.2) is 9.59 Å². The van der Waals surface area contributed by atoms with Crippen LogP contribution in [0.4, 0.5) is 29.3 Å². The van der Waals surface area contributed by atoms with Crippen molar-refractivity contribution in [2.24, 2.45) is 0 Å². The number of alkyl halides is 3. The van der Waals surface area contributed by atoms with Crippen molar-refractivity contribution in [3.05, 3.63) is 104 Å². The lowest BCUT2D eigenvalue weighted by atomic mass is 9.89. The third-order valence-electron chi connectivity index (χ3n) is 9.48. The number of aromatic amines is 1. The minimum absolute atomic E-state index is 0.0130. The van der Waals surface area contributed by atoms with Crippen molar-refractivity contribution in [1.82, 2.24) is 14.8 Å². The van der Waals surface area contributed by atoms with Crippen molar-refractivity contribution in [2.75, 3.05) is 49.9 Å². The van der Waals surface area contributed by atoms with E-state index in [4.69, 9.17) is 22.1 Å². The number of carboxylic acids is 1. The fourth-order valence-electron chi connectivity index (χ4n) is 6.66. The molecule has 2 amide bonds. The Morgan fingerprint density at radius 3 is 2.25 bits per heavy atom. The zero-order chi connectivity index (χ0) is 36.4. The molecule has 0 unspecified atom stereocenters. The van der Waals surface area contributed by atoms with Crippen molar-refractivity contribution in [2.45, 2.75) is 37.5 Å². The van der Waals surface area contributed by atoms with Gasteiger partial charge in [-0.1, -0.05) is 29.8 Å². The number of pyridine rings is 1. The van der Waals surface area contributed by atoms with Crippen LogP contribution in [0.15, 0.2) is 71.5 Å². The lowest BCUT2D eigenvalue weighted by molar-refractivity contribution is -0.141. The summed E-state index contributed by atoms with van der Waals surface area (Å²) in [6, 6.07) is 17.7. The molecule has 51 heavy (non-hydrogen) atoms. The van der Waals surface area contributed by atoms with Crippen LogP contribution in [0.3, 0.4) is 0 Å². The van der Waals surface area contributed by atoms with Gasteiger partial charge >= 0.3 is 18.2 Å². The Labute approximate surface area is 295 Å². The van der Waals surface area contributed by atoms with E-state index in [0.29, 0.717) is 31.5 Å².